The van der Waals surface area contributed by atoms with E-state index in [0.29, 0.717) is 6.42 Å². The van der Waals surface area contributed by atoms with E-state index in [-0.39, 0.29) is 5.78 Å². The minimum absolute atomic E-state index is 0.185. The zero-order chi connectivity index (χ0) is 12.3. The maximum Gasteiger partial charge on any atom is 0.303 e. The Morgan fingerprint density at radius 3 is 1.93 bits per heavy atom. The van der Waals surface area contributed by atoms with Crippen LogP contribution in [0.5, 0.6) is 0 Å². The van der Waals surface area contributed by atoms with Gasteiger partial charge in [0, 0.05) is 6.42 Å². The molecule has 0 aliphatic rings. The van der Waals surface area contributed by atoms with Crippen molar-refractivity contribution >= 4 is 11.8 Å². The molecule has 4 heteroatoms. The summed E-state index contributed by atoms with van der Waals surface area (Å²) < 4.78 is 0. The molecule has 0 radical (unpaired) electrons. The highest BCUT2D eigenvalue weighted by Crippen LogP contribution is 2.01. The third kappa shape index (κ3) is 19.5. The maximum atomic E-state index is 9.96. The van der Waals surface area contributed by atoms with Gasteiger partial charge in [-0.25, -0.2) is 0 Å². The second-order valence-electron chi connectivity index (χ2n) is 3.49. The number of aliphatic carboxylic acids is 1. The van der Waals surface area contributed by atoms with Crippen LogP contribution in [0.3, 0.4) is 0 Å². The standard InChI is InChI=1S/C7H14O2.C4H8O2/c1-2-3-4-5-6-7(8)9;1-3(5)4(2)6/h2-6H2,1H3,(H,8,9);3,5H,1-2H3. The molecule has 2 N–H and O–H groups in total. The van der Waals surface area contributed by atoms with Crippen LogP contribution in [0.2, 0.25) is 0 Å². The third-order valence-electron chi connectivity index (χ3n) is 1.83. The molecular weight excluding hydrogens is 196 g/mol. The number of carboxylic acids is 1. The fraction of sp³-hybridized carbons (Fsp3) is 0.818. The van der Waals surface area contributed by atoms with Crippen LogP contribution in [0.1, 0.15) is 52.9 Å². The maximum absolute atomic E-state index is 9.96. The van der Waals surface area contributed by atoms with Crippen molar-refractivity contribution in [1.82, 2.24) is 0 Å². The Hall–Kier alpha value is -0.900. The molecule has 0 saturated carbocycles. The molecule has 0 heterocycles. The molecule has 0 aromatic rings. The molecule has 0 fully saturated rings. The molecular formula is C11H22O4. The number of ketones is 1. The first kappa shape index (κ1) is 16.5. The van der Waals surface area contributed by atoms with Gasteiger partial charge in [0.15, 0.2) is 5.78 Å². The molecule has 0 spiro atoms. The van der Waals surface area contributed by atoms with Gasteiger partial charge >= 0.3 is 5.97 Å². The van der Waals surface area contributed by atoms with Crippen molar-refractivity contribution in [2.24, 2.45) is 0 Å². The number of carbonyl (C=O) groups excluding carboxylic acids is 1. The van der Waals surface area contributed by atoms with Crippen LogP contribution in [-0.4, -0.2) is 28.1 Å². The lowest BCUT2D eigenvalue weighted by Gasteiger charge is -1.92. The van der Waals surface area contributed by atoms with Crippen LogP contribution in [0.4, 0.5) is 0 Å². The smallest absolute Gasteiger partial charge is 0.303 e. The highest BCUT2D eigenvalue weighted by Gasteiger charge is 1.97. The van der Waals surface area contributed by atoms with Crippen molar-refractivity contribution < 1.29 is 19.8 Å². The van der Waals surface area contributed by atoms with E-state index >= 15 is 0 Å². The SMILES string of the molecule is CC(=O)C(C)O.CCCCCCC(=O)O. The molecule has 0 rings (SSSR count). The van der Waals surface area contributed by atoms with Crippen molar-refractivity contribution in [3.05, 3.63) is 0 Å². The van der Waals surface area contributed by atoms with Gasteiger partial charge in [0.25, 0.3) is 0 Å². The zero-order valence-corrected chi connectivity index (χ0v) is 9.82. The molecule has 4 nitrogen and oxygen atoms in total. The quantitative estimate of drug-likeness (QED) is 0.669. The average molecular weight is 218 g/mol. The fourth-order valence-corrected chi connectivity index (χ4v) is 0.703. The summed E-state index contributed by atoms with van der Waals surface area (Å²) in [4.78, 5) is 19.9. The fourth-order valence-electron chi connectivity index (χ4n) is 0.703. The predicted molar refractivity (Wildman–Crippen MR) is 58.8 cm³/mol. The molecule has 0 amide bonds. The summed E-state index contributed by atoms with van der Waals surface area (Å²) in [5.74, 6) is -0.860. The van der Waals surface area contributed by atoms with Crippen LogP contribution in [0.15, 0.2) is 0 Å². The van der Waals surface area contributed by atoms with E-state index in [1.807, 2.05) is 0 Å². The number of carboxylic acid groups (broad SMARTS) is 1. The van der Waals surface area contributed by atoms with Gasteiger partial charge in [-0.05, 0) is 20.3 Å². The van der Waals surface area contributed by atoms with Crippen LogP contribution in [0.25, 0.3) is 0 Å². The van der Waals surface area contributed by atoms with E-state index in [9.17, 15) is 9.59 Å². The molecule has 0 aliphatic heterocycles. The minimum atomic E-state index is -0.787. The van der Waals surface area contributed by atoms with Crippen molar-refractivity contribution in [1.29, 1.82) is 0 Å². The average Bonchev–Trinajstić information content (AvgIpc) is 2.13. The number of hydrogen-bond donors (Lipinski definition) is 2. The monoisotopic (exact) mass is 218 g/mol. The number of Topliss-reactive ketones (excluding diaryl/α,β-unsaturated/α-hetero) is 1. The molecule has 0 bridgehead atoms. The Labute approximate surface area is 91.3 Å². The van der Waals surface area contributed by atoms with Gasteiger partial charge < -0.3 is 10.2 Å². The molecule has 0 aliphatic carbocycles. The van der Waals surface area contributed by atoms with E-state index in [0.717, 1.165) is 19.3 Å². The molecule has 1 unspecified atom stereocenters. The lowest BCUT2D eigenvalue weighted by molar-refractivity contribution is -0.137. The normalized spacial score (nSPS) is 11.2. The Balaban J connectivity index is 0. The van der Waals surface area contributed by atoms with Crippen molar-refractivity contribution in [3.8, 4) is 0 Å². The van der Waals surface area contributed by atoms with Gasteiger partial charge in [0.1, 0.15) is 6.10 Å². The second kappa shape index (κ2) is 11.2. The van der Waals surface area contributed by atoms with Gasteiger partial charge in [-0.1, -0.05) is 26.2 Å². The lowest BCUT2D eigenvalue weighted by atomic mass is 10.2. The number of carbonyl (C=O) groups is 2. The summed E-state index contributed by atoms with van der Waals surface area (Å²) in [6.07, 6.45) is 3.77. The summed E-state index contributed by atoms with van der Waals surface area (Å²) >= 11 is 0. The second-order valence-corrected chi connectivity index (χ2v) is 3.49. The Kier molecular flexibility index (Phi) is 12.3. The molecule has 15 heavy (non-hydrogen) atoms. The van der Waals surface area contributed by atoms with Gasteiger partial charge in [-0.3, -0.25) is 9.59 Å². The summed E-state index contributed by atoms with van der Waals surface area (Å²) in [5.41, 5.74) is 0. The topological polar surface area (TPSA) is 74.6 Å². The first-order chi connectivity index (χ1) is 6.91. The summed E-state index contributed by atoms with van der Waals surface area (Å²) in [7, 11) is 0. The molecule has 0 aromatic heterocycles. The van der Waals surface area contributed by atoms with Gasteiger partial charge in [0.2, 0.25) is 0 Å². The lowest BCUT2D eigenvalue weighted by Crippen LogP contribution is -2.10. The highest BCUT2D eigenvalue weighted by atomic mass is 16.4. The van der Waals surface area contributed by atoms with Crippen molar-refractivity contribution in [2.45, 2.75) is 59.0 Å². The number of aliphatic hydroxyl groups is 1. The van der Waals surface area contributed by atoms with Crippen LogP contribution < -0.4 is 0 Å². The van der Waals surface area contributed by atoms with Gasteiger partial charge in [-0.2, -0.15) is 0 Å². The largest absolute Gasteiger partial charge is 0.481 e. The number of rotatable bonds is 6. The van der Waals surface area contributed by atoms with E-state index < -0.39 is 12.1 Å². The zero-order valence-electron chi connectivity index (χ0n) is 9.82. The molecule has 1 atom stereocenters. The summed E-state index contributed by atoms with van der Waals surface area (Å²) in [6.45, 7) is 4.91. The third-order valence-corrected chi connectivity index (χ3v) is 1.83. The van der Waals surface area contributed by atoms with E-state index in [1.54, 1.807) is 0 Å². The van der Waals surface area contributed by atoms with Crippen LogP contribution >= 0.6 is 0 Å². The first-order valence-electron chi connectivity index (χ1n) is 5.32. The van der Waals surface area contributed by atoms with Crippen molar-refractivity contribution in [3.63, 3.8) is 0 Å². The summed E-state index contributed by atoms with van der Waals surface area (Å²) in [6, 6.07) is 0. The van der Waals surface area contributed by atoms with Gasteiger partial charge in [0.05, 0.1) is 0 Å². The predicted octanol–water partition coefficient (Wildman–Crippen LogP) is 2.00. The van der Waals surface area contributed by atoms with E-state index in [2.05, 4.69) is 6.92 Å². The van der Waals surface area contributed by atoms with Gasteiger partial charge in [-0.15, -0.1) is 0 Å². The molecule has 90 valence electrons. The Morgan fingerprint density at radius 1 is 1.20 bits per heavy atom. The Bertz CT molecular complexity index is 175. The number of aliphatic hydroxyl groups excluding tert-OH is 1. The van der Waals surface area contributed by atoms with E-state index in [4.69, 9.17) is 10.2 Å². The molecule has 0 saturated heterocycles. The number of unbranched alkanes of at least 4 members (excludes halogenated alkanes) is 3. The van der Waals surface area contributed by atoms with Crippen LogP contribution in [-0.2, 0) is 9.59 Å². The number of hydrogen-bond acceptors (Lipinski definition) is 3. The van der Waals surface area contributed by atoms with Crippen LogP contribution in [0, 0.1) is 0 Å². The highest BCUT2D eigenvalue weighted by molar-refractivity contribution is 5.79. The minimum Gasteiger partial charge on any atom is -0.481 e. The first-order valence-corrected chi connectivity index (χ1v) is 5.32. The van der Waals surface area contributed by atoms with E-state index in [1.165, 1.54) is 20.3 Å². The van der Waals surface area contributed by atoms with Crippen molar-refractivity contribution in [2.75, 3.05) is 0 Å². The Morgan fingerprint density at radius 2 is 1.67 bits per heavy atom. The summed E-state index contributed by atoms with van der Waals surface area (Å²) in [5, 5.41) is 16.5. The molecule has 0 aromatic carbocycles.